The van der Waals surface area contributed by atoms with E-state index >= 15 is 0 Å². The smallest absolute Gasteiger partial charge is 0.270 e. The van der Waals surface area contributed by atoms with Crippen molar-refractivity contribution in [3.8, 4) is 23.0 Å². The van der Waals surface area contributed by atoms with Gasteiger partial charge in [-0.3, -0.25) is 9.69 Å². The van der Waals surface area contributed by atoms with Crippen LogP contribution < -0.4 is 23.8 Å². The Morgan fingerprint density at radius 2 is 1.94 bits per heavy atom. The molecule has 0 bridgehead atoms. The van der Waals surface area contributed by atoms with Gasteiger partial charge in [-0.2, -0.15) is 0 Å². The van der Waals surface area contributed by atoms with Gasteiger partial charge in [0.1, 0.15) is 12.4 Å². The van der Waals surface area contributed by atoms with Gasteiger partial charge >= 0.3 is 0 Å². The third-order valence-corrected chi connectivity index (χ3v) is 7.26. The number of amides is 1. The summed E-state index contributed by atoms with van der Waals surface area (Å²) in [5.41, 5.74) is 1.76. The molecule has 10 heteroatoms. The third kappa shape index (κ3) is 4.93. The number of carbonyl (C=O) groups is 1. The van der Waals surface area contributed by atoms with Gasteiger partial charge in [0.05, 0.1) is 21.7 Å². The number of hydrogen-bond acceptors (Lipinski definition) is 7. The van der Waals surface area contributed by atoms with E-state index in [-0.39, 0.29) is 25.1 Å². The summed E-state index contributed by atoms with van der Waals surface area (Å²) in [5, 5.41) is 0. The summed E-state index contributed by atoms with van der Waals surface area (Å²) in [6.45, 7) is 2.45. The van der Waals surface area contributed by atoms with Crippen molar-refractivity contribution in [3.05, 3.63) is 80.9 Å². The van der Waals surface area contributed by atoms with Crippen LogP contribution in [0.5, 0.6) is 23.0 Å². The monoisotopic (exact) mass is 587 g/mol. The van der Waals surface area contributed by atoms with Crippen molar-refractivity contribution in [1.82, 2.24) is 0 Å². The molecular formula is C26H19BrFNO5S2. The lowest BCUT2D eigenvalue weighted by Crippen LogP contribution is -2.27. The van der Waals surface area contributed by atoms with Crippen molar-refractivity contribution in [1.29, 1.82) is 0 Å². The lowest BCUT2D eigenvalue weighted by molar-refractivity contribution is -0.113. The van der Waals surface area contributed by atoms with Crippen molar-refractivity contribution in [2.24, 2.45) is 0 Å². The van der Waals surface area contributed by atoms with Crippen molar-refractivity contribution in [3.63, 3.8) is 0 Å². The van der Waals surface area contributed by atoms with Crippen LogP contribution in [0.3, 0.4) is 0 Å². The number of rotatable bonds is 7. The van der Waals surface area contributed by atoms with Crippen LogP contribution in [-0.4, -0.2) is 23.6 Å². The molecule has 1 saturated heterocycles. The number of anilines is 1. The Labute approximate surface area is 225 Å². The molecule has 2 aliphatic heterocycles. The molecule has 2 aliphatic rings. The summed E-state index contributed by atoms with van der Waals surface area (Å²) in [6, 6.07) is 15.3. The van der Waals surface area contributed by atoms with E-state index in [0.29, 0.717) is 54.6 Å². The van der Waals surface area contributed by atoms with E-state index in [2.05, 4.69) is 15.9 Å². The van der Waals surface area contributed by atoms with E-state index in [0.717, 1.165) is 5.56 Å². The SMILES string of the molecule is CCOc1cc(/C=C2\SC(=S)N(c3ccc4c(c3)OCO4)C2=O)cc(Br)c1OCc1ccccc1F. The number of hydrogen-bond donors (Lipinski definition) is 0. The second-order valence-electron chi connectivity index (χ2n) is 7.70. The minimum Gasteiger partial charge on any atom is -0.490 e. The normalized spacial score (nSPS) is 15.6. The van der Waals surface area contributed by atoms with Crippen molar-refractivity contribution < 1.29 is 28.1 Å². The first-order valence-corrected chi connectivity index (χ1v) is 13.0. The summed E-state index contributed by atoms with van der Waals surface area (Å²) in [4.78, 5) is 15.2. The van der Waals surface area contributed by atoms with E-state index < -0.39 is 0 Å². The van der Waals surface area contributed by atoms with Crippen LogP contribution in [0, 0.1) is 5.82 Å². The highest BCUT2D eigenvalue weighted by Crippen LogP contribution is 2.42. The van der Waals surface area contributed by atoms with Crippen LogP contribution in [0.4, 0.5) is 10.1 Å². The number of halogens is 2. The predicted octanol–water partition coefficient (Wildman–Crippen LogP) is 6.70. The van der Waals surface area contributed by atoms with Gasteiger partial charge in [0, 0.05) is 11.6 Å². The number of thioether (sulfide) groups is 1. The first-order valence-electron chi connectivity index (χ1n) is 10.9. The topological polar surface area (TPSA) is 57.2 Å². The molecule has 0 N–H and O–H groups in total. The van der Waals surface area contributed by atoms with Crippen molar-refractivity contribution >= 4 is 61.9 Å². The highest BCUT2D eigenvalue weighted by atomic mass is 79.9. The van der Waals surface area contributed by atoms with E-state index in [1.807, 2.05) is 13.0 Å². The van der Waals surface area contributed by atoms with Crippen LogP contribution in [0.15, 0.2) is 64.0 Å². The maximum atomic E-state index is 14.0. The summed E-state index contributed by atoms with van der Waals surface area (Å²) in [5.74, 6) is 1.54. The molecular weight excluding hydrogens is 569 g/mol. The summed E-state index contributed by atoms with van der Waals surface area (Å²) >= 11 is 10.2. The van der Waals surface area contributed by atoms with Gasteiger partial charge in [0.15, 0.2) is 27.3 Å². The fourth-order valence-corrected chi connectivity index (χ4v) is 5.58. The van der Waals surface area contributed by atoms with E-state index in [4.69, 9.17) is 31.2 Å². The van der Waals surface area contributed by atoms with Crippen LogP contribution in [0.1, 0.15) is 18.1 Å². The second kappa shape index (κ2) is 10.5. The minimum absolute atomic E-state index is 0.0406. The number of thiocarbonyl (C=S) groups is 1. The minimum atomic E-state index is -0.340. The highest BCUT2D eigenvalue weighted by Gasteiger charge is 2.34. The van der Waals surface area contributed by atoms with Gasteiger partial charge in [0.2, 0.25) is 6.79 Å². The average molecular weight is 588 g/mol. The number of ether oxygens (including phenoxy) is 4. The molecule has 5 rings (SSSR count). The van der Waals surface area contributed by atoms with Gasteiger partial charge in [0.25, 0.3) is 5.91 Å². The molecule has 0 radical (unpaired) electrons. The zero-order valence-electron chi connectivity index (χ0n) is 19.0. The molecule has 6 nitrogen and oxygen atoms in total. The molecule has 0 aliphatic carbocycles. The van der Waals surface area contributed by atoms with Gasteiger partial charge in [-0.25, -0.2) is 4.39 Å². The van der Waals surface area contributed by atoms with Gasteiger partial charge in [-0.1, -0.05) is 42.2 Å². The molecule has 2 heterocycles. The molecule has 1 amide bonds. The lowest BCUT2D eigenvalue weighted by Gasteiger charge is -2.15. The lowest BCUT2D eigenvalue weighted by atomic mass is 10.1. The van der Waals surface area contributed by atoms with Gasteiger partial charge in [-0.05, 0) is 64.8 Å². The Morgan fingerprint density at radius 3 is 2.75 bits per heavy atom. The molecule has 0 unspecified atom stereocenters. The van der Waals surface area contributed by atoms with E-state index in [1.54, 1.807) is 48.5 Å². The summed E-state index contributed by atoms with van der Waals surface area (Å²) in [7, 11) is 0. The molecule has 3 aromatic carbocycles. The van der Waals surface area contributed by atoms with Crippen LogP contribution in [0.25, 0.3) is 6.08 Å². The summed E-state index contributed by atoms with van der Waals surface area (Å²) in [6.07, 6.45) is 1.75. The first kappa shape index (κ1) is 24.6. The Bertz CT molecular complexity index is 1400. The zero-order valence-corrected chi connectivity index (χ0v) is 22.2. The molecule has 3 aromatic rings. The van der Waals surface area contributed by atoms with Crippen LogP contribution in [-0.2, 0) is 11.4 Å². The zero-order chi connectivity index (χ0) is 25.2. The molecule has 0 saturated carbocycles. The number of fused-ring (bicyclic) bond motifs is 1. The molecule has 0 spiro atoms. The Kier molecular flexibility index (Phi) is 7.17. The average Bonchev–Trinajstić information content (AvgIpc) is 3.43. The highest BCUT2D eigenvalue weighted by molar-refractivity contribution is 9.10. The van der Waals surface area contributed by atoms with E-state index in [1.165, 1.54) is 22.7 Å². The largest absolute Gasteiger partial charge is 0.490 e. The third-order valence-electron chi connectivity index (χ3n) is 5.37. The second-order valence-corrected chi connectivity index (χ2v) is 10.2. The molecule has 1 fully saturated rings. The molecule has 36 heavy (non-hydrogen) atoms. The Morgan fingerprint density at radius 1 is 1.14 bits per heavy atom. The first-order chi connectivity index (χ1) is 17.4. The van der Waals surface area contributed by atoms with Crippen LogP contribution in [0.2, 0.25) is 0 Å². The standard InChI is InChI=1S/C26H19BrFNO5S2/c1-2-31-22-10-15(9-18(27)24(22)32-13-16-5-3-4-6-19(16)28)11-23-25(30)29(26(35)36-23)17-7-8-20-21(12-17)34-14-33-20/h3-12H,2,13-14H2,1H3/b23-11-. The number of benzene rings is 3. The molecule has 0 aromatic heterocycles. The van der Waals surface area contributed by atoms with Crippen molar-refractivity contribution in [2.75, 3.05) is 18.3 Å². The maximum absolute atomic E-state index is 14.0. The fraction of sp³-hybridized carbons (Fsp3) is 0.154. The Hall–Kier alpha value is -3.08. The maximum Gasteiger partial charge on any atom is 0.270 e. The quantitative estimate of drug-likeness (QED) is 0.225. The predicted molar refractivity (Wildman–Crippen MR) is 144 cm³/mol. The van der Waals surface area contributed by atoms with Gasteiger partial charge in [-0.15, -0.1) is 0 Å². The van der Waals surface area contributed by atoms with Crippen LogP contribution >= 0.6 is 39.9 Å². The number of carbonyl (C=O) groups excluding carboxylic acids is 1. The van der Waals surface area contributed by atoms with Crippen molar-refractivity contribution in [2.45, 2.75) is 13.5 Å². The fourth-order valence-electron chi connectivity index (χ4n) is 3.71. The summed E-state index contributed by atoms with van der Waals surface area (Å²) < 4.78 is 37.5. The van der Waals surface area contributed by atoms with Gasteiger partial charge < -0.3 is 18.9 Å². The van der Waals surface area contributed by atoms with E-state index in [9.17, 15) is 9.18 Å². The Balaban J connectivity index is 1.40. The molecule has 0 atom stereocenters. The molecule has 184 valence electrons. The number of nitrogens with zero attached hydrogens (tertiary/aromatic N) is 1.